The molecular weight excluding hydrogens is 288 g/mol. The van der Waals surface area contributed by atoms with Gasteiger partial charge >= 0.3 is 0 Å². The Kier molecular flexibility index (Phi) is 5.84. The summed E-state index contributed by atoms with van der Waals surface area (Å²) in [6, 6.07) is 10.9. The second-order valence-electron chi connectivity index (χ2n) is 4.53. The normalized spacial score (nSPS) is 10.4. The van der Waals surface area contributed by atoms with Gasteiger partial charge in [-0.1, -0.05) is 18.5 Å². The van der Waals surface area contributed by atoms with Crippen molar-refractivity contribution in [2.75, 3.05) is 13.7 Å². The van der Waals surface area contributed by atoms with E-state index in [0.717, 1.165) is 24.4 Å². The topological polar surface area (TPSA) is 43.4 Å². The number of methoxy groups -OCH3 is 1. The molecule has 1 N–H and O–H groups in total. The van der Waals surface area contributed by atoms with Crippen molar-refractivity contribution in [3.63, 3.8) is 0 Å². The quantitative estimate of drug-likeness (QED) is 0.784. The summed E-state index contributed by atoms with van der Waals surface area (Å²) in [7, 11) is 1.63. The van der Waals surface area contributed by atoms with Gasteiger partial charge in [-0.15, -0.1) is 0 Å². The van der Waals surface area contributed by atoms with Crippen LogP contribution in [0.3, 0.4) is 0 Å². The van der Waals surface area contributed by atoms with Crippen LogP contribution < -0.4 is 14.8 Å². The zero-order valence-electron chi connectivity index (χ0n) is 12.2. The van der Waals surface area contributed by atoms with E-state index in [9.17, 15) is 0 Å². The lowest BCUT2D eigenvalue weighted by Gasteiger charge is -2.09. The monoisotopic (exact) mass is 306 g/mol. The number of benzene rings is 1. The van der Waals surface area contributed by atoms with Crippen molar-refractivity contribution in [2.45, 2.75) is 19.9 Å². The number of halogens is 1. The van der Waals surface area contributed by atoms with Crippen LogP contribution in [-0.4, -0.2) is 18.6 Å². The van der Waals surface area contributed by atoms with Crippen molar-refractivity contribution in [1.82, 2.24) is 10.3 Å². The van der Waals surface area contributed by atoms with Gasteiger partial charge in [0.25, 0.3) is 0 Å². The van der Waals surface area contributed by atoms with Crippen molar-refractivity contribution < 1.29 is 9.47 Å². The third-order valence-electron chi connectivity index (χ3n) is 2.89. The molecule has 0 unspecified atom stereocenters. The molecule has 1 aromatic carbocycles. The molecule has 0 saturated carbocycles. The van der Waals surface area contributed by atoms with E-state index in [2.05, 4.69) is 17.2 Å². The molecule has 0 bridgehead atoms. The van der Waals surface area contributed by atoms with Crippen molar-refractivity contribution in [3.8, 4) is 17.4 Å². The van der Waals surface area contributed by atoms with Crippen LogP contribution in [0.1, 0.15) is 19.0 Å². The molecule has 0 saturated heterocycles. The summed E-state index contributed by atoms with van der Waals surface area (Å²) in [6.45, 7) is 3.68. The highest BCUT2D eigenvalue weighted by Gasteiger charge is 2.06. The third kappa shape index (κ3) is 4.62. The minimum absolute atomic E-state index is 0.526. The van der Waals surface area contributed by atoms with Crippen LogP contribution in [-0.2, 0) is 6.54 Å². The highest BCUT2D eigenvalue weighted by Crippen LogP contribution is 2.24. The summed E-state index contributed by atoms with van der Waals surface area (Å²) in [5.41, 5.74) is 0.788. The average molecular weight is 307 g/mol. The van der Waals surface area contributed by atoms with Gasteiger partial charge in [-0.2, -0.15) is 0 Å². The Morgan fingerprint density at radius 1 is 1.10 bits per heavy atom. The molecule has 2 aromatic rings. The van der Waals surface area contributed by atoms with Crippen molar-refractivity contribution >= 4 is 11.6 Å². The maximum atomic E-state index is 6.14. The summed E-state index contributed by atoms with van der Waals surface area (Å²) in [4.78, 5) is 4.43. The number of hydrogen-bond donors (Lipinski definition) is 1. The highest BCUT2D eigenvalue weighted by atomic mass is 35.5. The van der Waals surface area contributed by atoms with Gasteiger partial charge < -0.3 is 14.8 Å². The van der Waals surface area contributed by atoms with Gasteiger partial charge in [-0.25, -0.2) is 4.98 Å². The molecule has 0 aliphatic rings. The fourth-order valence-electron chi connectivity index (χ4n) is 1.79. The van der Waals surface area contributed by atoms with Crippen LogP contribution in [0.15, 0.2) is 36.4 Å². The highest BCUT2D eigenvalue weighted by molar-refractivity contribution is 6.31. The van der Waals surface area contributed by atoms with Gasteiger partial charge in [0.1, 0.15) is 11.5 Å². The molecule has 2 rings (SSSR count). The minimum Gasteiger partial charge on any atom is -0.497 e. The lowest BCUT2D eigenvalue weighted by Crippen LogP contribution is -2.15. The Hall–Kier alpha value is -1.78. The van der Waals surface area contributed by atoms with Crippen LogP contribution in [0.25, 0.3) is 0 Å². The first-order valence-electron chi connectivity index (χ1n) is 6.91. The third-order valence-corrected chi connectivity index (χ3v) is 3.24. The number of nitrogens with zero attached hydrogens (tertiary/aromatic N) is 1. The van der Waals surface area contributed by atoms with Crippen LogP contribution in [0.5, 0.6) is 17.4 Å². The molecule has 0 atom stereocenters. The lowest BCUT2D eigenvalue weighted by molar-refractivity contribution is 0.412. The Labute approximate surface area is 130 Å². The largest absolute Gasteiger partial charge is 0.497 e. The summed E-state index contributed by atoms with van der Waals surface area (Å²) >= 11 is 6.14. The molecule has 0 aliphatic heterocycles. The van der Waals surface area contributed by atoms with Crippen LogP contribution in [0.2, 0.25) is 5.02 Å². The second kappa shape index (κ2) is 7.86. The van der Waals surface area contributed by atoms with Gasteiger partial charge in [0, 0.05) is 12.6 Å². The van der Waals surface area contributed by atoms with E-state index in [1.807, 2.05) is 24.3 Å². The van der Waals surface area contributed by atoms with E-state index in [1.54, 1.807) is 19.2 Å². The number of nitrogens with one attached hydrogen (secondary N) is 1. The van der Waals surface area contributed by atoms with E-state index in [4.69, 9.17) is 21.1 Å². The van der Waals surface area contributed by atoms with Crippen LogP contribution in [0.4, 0.5) is 0 Å². The Bertz CT molecular complexity index is 573. The zero-order chi connectivity index (χ0) is 15.1. The smallest absolute Gasteiger partial charge is 0.219 e. The number of pyridine rings is 1. The van der Waals surface area contributed by atoms with Crippen molar-refractivity contribution in [2.24, 2.45) is 0 Å². The SMILES string of the molecule is CCCNCc1nc(Oc2ccc(OC)cc2)ccc1Cl. The van der Waals surface area contributed by atoms with Crippen molar-refractivity contribution in [3.05, 3.63) is 47.1 Å². The number of rotatable bonds is 7. The lowest BCUT2D eigenvalue weighted by atomic mass is 10.3. The standard InChI is InChI=1S/C16H19ClN2O2/c1-3-10-18-11-15-14(17)8-9-16(19-15)21-13-6-4-12(20-2)5-7-13/h4-9,18H,3,10-11H2,1-2H3. The molecule has 0 aliphatic carbocycles. The van der Waals surface area contributed by atoms with Gasteiger partial charge in [-0.3, -0.25) is 0 Å². The van der Waals surface area contributed by atoms with Crippen molar-refractivity contribution in [1.29, 1.82) is 0 Å². The first kappa shape index (κ1) is 15.6. The average Bonchev–Trinajstić information content (AvgIpc) is 2.51. The zero-order valence-corrected chi connectivity index (χ0v) is 13.0. The molecule has 1 aromatic heterocycles. The predicted molar refractivity (Wildman–Crippen MR) is 84.3 cm³/mol. The van der Waals surface area contributed by atoms with E-state index >= 15 is 0 Å². The van der Waals surface area contributed by atoms with Gasteiger partial charge in [0.2, 0.25) is 5.88 Å². The summed E-state index contributed by atoms with van der Waals surface area (Å²) in [5, 5.41) is 3.92. The van der Waals surface area contributed by atoms with Gasteiger partial charge in [-0.05, 0) is 43.3 Å². The Balaban J connectivity index is 2.06. The van der Waals surface area contributed by atoms with E-state index < -0.39 is 0 Å². The van der Waals surface area contributed by atoms with Crippen LogP contribution >= 0.6 is 11.6 Å². The molecule has 112 valence electrons. The van der Waals surface area contributed by atoms with E-state index in [-0.39, 0.29) is 0 Å². The number of ether oxygens (including phenoxy) is 2. The molecule has 0 fully saturated rings. The molecule has 0 amide bonds. The fraction of sp³-hybridized carbons (Fsp3) is 0.312. The molecular formula is C16H19ClN2O2. The maximum Gasteiger partial charge on any atom is 0.219 e. The Morgan fingerprint density at radius 2 is 1.81 bits per heavy atom. The molecule has 1 heterocycles. The van der Waals surface area contributed by atoms with Gasteiger partial charge in [0.15, 0.2) is 0 Å². The molecule has 0 spiro atoms. The predicted octanol–water partition coefficient (Wildman–Crippen LogP) is 4.04. The summed E-state index contributed by atoms with van der Waals surface area (Å²) < 4.78 is 10.8. The number of aromatic nitrogens is 1. The summed E-state index contributed by atoms with van der Waals surface area (Å²) in [6.07, 6.45) is 1.07. The first-order valence-corrected chi connectivity index (χ1v) is 7.28. The fourth-order valence-corrected chi connectivity index (χ4v) is 1.97. The number of hydrogen-bond acceptors (Lipinski definition) is 4. The first-order chi connectivity index (χ1) is 10.2. The van der Waals surface area contributed by atoms with Gasteiger partial charge in [0.05, 0.1) is 17.8 Å². The molecule has 21 heavy (non-hydrogen) atoms. The Morgan fingerprint density at radius 3 is 2.48 bits per heavy atom. The molecule has 5 heteroatoms. The van der Waals surface area contributed by atoms with Crippen LogP contribution in [0, 0.1) is 0 Å². The molecule has 4 nitrogen and oxygen atoms in total. The minimum atomic E-state index is 0.526. The van der Waals surface area contributed by atoms with E-state index in [0.29, 0.717) is 23.2 Å². The summed E-state index contributed by atoms with van der Waals surface area (Å²) in [5.74, 6) is 2.02. The van der Waals surface area contributed by atoms with E-state index in [1.165, 1.54) is 0 Å². The maximum absolute atomic E-state index is 6.14. The second-order valence-corrected chi connectivity index (χ2v) is 4.94. The molecule has 0 radical (unpaired) electrons.